The number of nitrogens with one attached hydrogen (secondary N) is 1. The molecular weight excluding hydrogens is 264 g/mol. The number of aryl methyl sites for hydroxylation is 1. The van der Waals surface area contributed by atoms with Crippen LogP contribution in [0.25, 0.3) is 0 Å². The molecule has 1 aliphatic carbocycles. The Balaban J connectivity index is 2.04. The smallest absolute Gasteiger partial charge is 0.234 e. The van der Waals surface area contributed by atoms with Crippen molar-refractivity contribution < 1.29 is 9.90 Å². The first-order valence-corrected chi connectivity index (χ1v) is 7.95. The molecule has 4 heteroatoms. The summed E-state index contributed by atoms with van der Waals surface area (Å²) in [7, 11) is 0. The van der Waals surface area contributed by atoms with Crippen LogP contribution in [0.1, 0.15) is 43.4 Å². The number of aliphatic hydroxyl groups excluding tert-OH is 1. The lowest BCUT2D eigenvalue weighted by molar-refractivity contribution is -0.122. The maximum Gasteiger partial charge on any atom is 0.234 e. The summed E-state index contributed by atoms with van der Waals surface area (Å²) in [4.78, 5) is 14.2. The van der Waals surface area contributed by atoms with Crippen LogP contribution in [0.15, 0.2) is 24.3 Å². The van der Waals surface area contributed by atoms with Crippen molar-refractivity contribution in [3.8, 4) is 0 Å². The Hall–Kier alpha value is -1.39. The van der Waals surface area contributed by atoms with Gasteiger partial charge in [-0.3, -0.25) is 9.69 Å². The van der Waals surface area contributed by atoms with Gasteiger partial charge in [0.05, 0.1) is 6.54 Å². The third kappa shape index (κ3) is 4.29. The van der Waals surface area contributed by atoms with Gasteiger partial charge < -0.3 is 10.4 Å². The molecule has 1 aliphatic rings. The van der Waals surface area contributed by atoms with Crippen molar-refractivity contribution in [1.29, 1.82) is 0 Å². The maximum atomic E-state index is 12.0. The van der Waals surface area contributed by atoms with Crippen LogP contribution in [0.4, 0.5) is 0 Å². The van der Waals surface area contributed by atoms with Gasteiger partial charge in [-0.25, -0.2) is 0 Å². The second-order valence-corrected chi connectivity index (χ2v) is 5.65. The number of nitrogens with zero attached hydrogens (tertiary/aromatic N) is 1. The van der Waals surface area contributed by atoms with E-state index in [0.717, 1.165) is 32.4 Å². The summed E-state index contributed by atoms with van der Waals surface area (Å²) in [5, 5.41) is 12.0. The molecule has 2 N–H and O–H groups in total. The lowest BCUT2D eigenvalue weighted by atomic mass is 10.1. The van der Waals surface area contributed by atoms with Crippen molar-refractivity contribution in [1.82, 2.24) is 10.2 Å². The first-order valence-electron chi connectivity index (χ1n) is 7.95. The molecular formula is C17H26N2O2. The molecule has 1 aromatic rings. The third-order valence-corrected chi connectivity index (χ3v) is 4.06. The average molecular weight is 290 g/mol. The molecule has 1 aromatic carbocycles. The summed E-state index contributed by atoms with van der Waals surface area (Å²) in [6.45, 7) is 4.13. The van der Waals surface area contributed by atoms with Crippen molar-refractivity contribution in [2.24, 2.45) is 0 Å². The number of benzene rings is 1. The lowest BCUT2D eigenvalue weighted by Gasteiger charge is -2.29. The first-order chi connectivity index (χ1) is 10.3. The van der Waals surface area contributed by atoms with Crippen LogP contribution in [0, 0.1) is 0 Å². The van der Waals surface area contributed by atoms with Crippen LogP contribution in [-0.2, 0) is 11.2 Å². The van der Waals surface area contributed by atoms with Crippen LogP contribution >= 0.6 is 0 Å². The van der Waals surface area contributed by atoms with Gasteiger partial charge in [-0.05, 0) is 36.8 Å². The molecule has 0 bridgehead atoms. The van der Waals surface area contributed by atoms with Gasteiger partial charge in [-0.2, -0.15) is 0 Å². The Morgan fingerprint density at radius 1 is 1.43 bits per heavy atom. The highest BCUT2D eigenvalue weighted by molar-refractivity contribution is 5.78. The van der Waals surface area contributed by atoms with Crippen LogP contribution in [0.5, 0.6) is 0 Å². The quantitative estimate of drug-likeness (QED) is 0.768. The molecule has 0 saturated carbocycles. The van der Waals surface area contributed by atoms with E-state index in [9.17, 15) is 4.79 Å². The highest BCUT2D eigenvalue weighted by Gasteiger charge is 2.28. The Labute approximate surface area is 127 Å². The lowest BCUT2D eigenvalue weighted by Crippen LogP contribution is -2.39. The summed E-state index contributed by atoms with van der Waals surface area (Å²) < 4.78 is 0. The molecule has 21 heavy (non-hydrogen) atoms. The minimum Gasteiger partial charge on any atom is -0.396 e. The number of rotatable bonds is 8. The fourth-order valence-corrected chi connectivity index (χ4v) is 3.04. The van der Waals surface area contributed by atoms with E-state index in [1.54, 1.807) is 0 Å². The van der Waals surface area contributed by atoms with E-state index in [1.807, 2.05) is 0 Å². The number of hydrogen-bond donors (Lipinski definition) is 2. The topological polar surface area (TPSA) is 52.6 Å². The predicted octanol–water partition coefficient (Wildman–Crippen LogP) is 1.88. The highest BCUT2D eigenvalue weighted by Crippen LogP contribution is 2.35. The molecule has 2 rings (SSSR count). The standard InChI is InChI=1S/C17H26N2O2/c1-2-10-18-17(21)13-19(11-5-12-20)16-9-8-14-6-3-4-7-15(14)16/h3-4,6-7,16,20H,2,5,8-13H2,1H3,(H,18,21). The van der Waals surface area contributed by atoms with Crippen LogP contribution in [0.3, 0.4) is 0 Å². The summed E-state index contributed by atoms with van der Waals surface area (Å²) in [5.41, 5.74) is 2.74. The molecule has 0 fully saturated rings. The summed E-state index contributed by atoms with van der Waals surface area (Å²) in [5.74, 6) is 0.0826. The Bertz CT molecular complexity index is 462. The van der Waals surface area contributed by atoms with Gasteiger partial charge >= 0.3 is 0 Å². The van der Waals surface area contributed by atoms with E-state index in [0.29, 0.717) is 19.0 Å². The Morgan fingerprint density at radius 2 is 2.24 bits per heavy atom. The molecule has 4 nitrogen and oxygen atoms in total. The van der Waals surface area contributed by atoms with Crippen LogP contribution in [-0.4, -0.2) is 42.2 Å². The van der Waals surface area contributed by atoms with Gasteiger partial charge in [0.1, 0.15) is 0 Å². The highest BCUT2D eigenvalue weighted by atomic mass is 16.3. The zero-order chi connectivity index (χ0) is 15.1. The number of hydrogen-bond acceptors (Lipinski definition) is 3. The molecule has 0 aliphatic heterocycles. The maximum absolute atomic E-state index is 12.0. The Kier molecular flexibility index (Phi) is 6.21. The molecule has 116 valence electrons. The minimum atomic E-state index is 0.0826. The largest absolute Gasteiger partial charge is 0.396 e. The van der Waals surface area contributed by atoms with Crippen molar-refractivity contribution in [2.75, 3.05) is 26.2 Å². The normalized spacial score (nSPS) is 17.0. The van der Waals surface area contributed by atoms with Gasteiger partial charge in [-0.15, -0.1) is 0 Å². The second-order valence-electron chi connectivity index (χ2n) is 5.65. The van der Waals surface area contributed by atoms with E-state index in [1.165, 1.54) is 11.1 Å². The average Bonchev–Trinajstić information content (AvgIpc) is 2.93. The van der Waals surface area contributed by atoms with E-state index >= 15 is 0 Å². The van der Waals surface area contributed by atoms with Crippen molar-refractivity contribution in [3.05, 3.63) is 35.4 Å². The first kappa shape index (κ1) is 16.0. The van der Waals surface area contributed by atoms with Gasteiger partial charge in [0, 0.05) is 25.7 Å². The zero-order valence-corrected chi connectivity index (χ0v) is 12.8. The molecule has 1 unspecified atom stereocenters. The van der Waals surface area contributed by atoms with E-state index in [2.05, 4.69) is 41.4 Å². The number of carbonyl (C=O) groups is 1. The molecule has 0 saturated heterocycles. The SMILES string of the molecule is CCCNC(=O)CN(CCCO)C1CCc2ccccc21. The minimum absolute atomic E-state index is 0.0826. The molecule has 0 aromatic heterocycles. The zero-order valence-electron chi connectivity index (χ0n) is 12.8. The van der Waals surface area contributed by atoms with Crippen LogP contribution < -0.4 is 5.32 Å². The van der Waals surface area contributed by atoms with Gasteiger partial charge in [0.2, 0.25) is 5.91 Å². The van der Waals surface area contributed by atoms with Crippen molar-refractivity contribution >= 4 is 5.91 Å². The van der Waals surface area contributed by atoms with Crippen molar-refractivity contribution in [2.45, 2.75) is 38.6 Å². The van der Waals surface area contributed by atoms with E-state index in [-0.39, 0.29) is 12.5 Å². The molecule has 0 heterocycles. The van der Waals surface area contributed by atoms with E-state index in [4.69, 9.17) is 5.11 Å². The molecule has 1 atom stereocenters. The molecule has 0 spiro atoms. The van der Waals surface area contributed by atoms with E-state index < -0.39 is 0 Å². The molecule has 1 amide bonds. The second kappa shape index (κ2) is 8.15. The summed E-state index contributed by atoms with van der Waals surface area (Å²) in [6, 6.07) is 8.80. The predicted molar refractivity (Wildman–Crippen MR) is 84.1 cm³/mol. The number of carbonyl (C=O) groups excluding carboxylic acids is 1. The number of aliphatic hydroxyl groups is 1. The fourth-order valence-electron chi connectivity index (χ4n) is 3.04. The monoisotopic (exact) mass is 290 g/mol. The summed E-state index contributed by atoms with van der Waals surface area (Å²) >= 11 is 0. The Morgan fingerprint density at radius 3 is 3.00 bits per heavy atom. The number of fused-ring (bicyclic) bond motifs is 1. The fraction of sp³-hybridized carbons (Fsp3) is 0.588. The number of amides is 1. The van der Waals surface area contributed by atoms with Gasteiger partial charge in [0.15, 0.2) is 0 Å². The van der Waals surface area contributed by atoms with Gasteiger partial charge in [-0.1, -0.05) is 31.2 Å². The van der Waals surface area contributed by atoms with Crippen LogP contribution in [0.2, 0.25) is 0 Å². The molecule has 0 radical (unpaired) electrons. The third-order valence-electron chi connectivity index (χ3n) is 4.06. The van der Waals surface area contributed by atoms with Gasteiger partial charge in [0.25, 0.3) is 0 Å². The summed E-state index contributed by atoms with van der Waals surface area (Å²) in [6.07, 6.45) is 3.80. The van der Waals surface area contributed by atoms with Crippen molar-refractivity contribution in [3.63, 3.8) is 0 Å².